The van der Waals surface area contributed by atoms with Crippen molar-refractivity contribution in [3.63, 3.8) is 0 Å². The Morgan fingerprint density at radius 3 is 2.27 bits per heavy atom. The number of carbonyl (C=O) groups excluding carboxylic acids is 1. The third-order valence-electron chi connectivity index (χ3n) is 6.28. The lowest BCUT2D eigenvalue weighted by atomic mass is 10.1. The van der Waals surface area contributed by atoms with Gasteiger partial charge < -0.3 is 14.2 Å². The first-order valence-electron chi connectivity index (χ1n) is 11.3. The summed E-state index contributed by atoms with van der Waals surface area (Å²) in [4.78, 5) is 22.2. The molecule has 0 N–H and O–H groups in total. The molecule has 1 aromatic heterocycles. The van der Waals surface area contributed by atoms with Crippen LogP contribution in [0.3, 0.4) is 0 Å². The van der Waals surface area contributed by atoms with Crippen LogP contribution in [0.5, 0.6) is 5.75 Å². The zero-order valence-corrected chi connectivity index (χ0v) is 18.9. The smallest absolute Gasteiger partial charge is 0.253 e. The maximum atomic E-state index is 12.9. The number of rotatable bonds is 6. The SMILES string of the molecule is COc1ccc(C(=O)N2CCN(Cc3nc4ccccc4n3Cc3ccccc3)CC2)cc1. The summed E-state index contributed by atoms with van der Waals surface area (Å²) >= 11 is 0. The standard InChI is InChI=1S/C27H28N4O2/c1-33-23-13-11-22(12-14-23)27(32)30-17-15-29(16-18-30)20-26-28-24-9-5-6-10-25(24)31(26)19-21-7-3-2-4-8-21/h2-14H,15-20H2,1H3. The van der Waals surface area contributed by atoms with Gasteiger partial charge in [0.25, 0.3) is 5.91 Å². The predicted octanol–water partition coefficient (Wildman–Crippen LogP) is 4.05. The summed E-state index contributed by atoms with van der Waals surface area (Å²) in [5, 5.41) is 0. The number of amides is 1. The van der Waals surface area contributed by atoms with E-state index in [4.69, 9.17) is 9.72 Å². The van der Waals surface area contributed by atoms with Gasteiger partial charge in [0.15, 0.2) is 0 Å². The molecule has 3 aromatic carbocycles. The molecule has 168 valence electrons. The van der Waals surface area contributed by atoms with Crippen molar-refractivity contribution in [2.24, 2.45) is 0 Å². The van der Waals surface area contributed by atoms with Gasteiger partial charge >= 0.3 is 0 Å². The van der Waals surface area contributed by atoms with Crippen molar-refractivity contribution >= 4 is 16.9 Å². The zero-order chi connectivity index (χ0) is 22.6. The van der Waals surface area contributed by atoms with Crippen molar-refractivity contribution < 1.29 is 9.53 Å². The Kier molecular flexibility index (Phi) is 6.09. The minimum Gasteiger partial charge on any atom is -0.497 e. The average Bonchev–Trinajstić information content (AvgIpc) is 3.21. The second-order valence-electron chi connectivity index (χ2n) is 8.39. The molecule has 0 spiro atoms. The molecule has 2 heterocycles. The molecule has 5 rings (SSSR count). The molecule has 0 radical (unpaired) electrons. The number of nitrogens with zero attached hydrogens (tertiary/aromatic N) is 4. The second-order valence-corrected chi connectivity index (χ2v) is 8.39. The number of aromatic nitrogens is 2. The van der Waals surface area contributed by atoms with Gasteiger partial charge in [-0.2, -0.15) is 0 Å². The first kappa shape index (κ1) is 21.2. The lowest BCUT2D eigenvalue weighted by molar-refractivity contribution is 0.0624. The van der Waals surface area contributed by atoms with Crippen LogP contribution in [0, 0.1) is 0 Å². The molecule has 1 saturated heterocycles. The Balaban J connectivity index is 1.28. The number of piperazine rings is 1. The molecule has 0 saturated carbocycles. The van der Waals surface area contributed by atoms with Gasteiger partial charge in [0.1, 0.15) is 11.6 Å². The van der Waals surface area contributed by atoms with Crippen LogP contribution in [0.25, 0.3) is 11.0 Å². The van der Waals surface area contributed by atoms with Crippen molar-refractivity contribution in [2.45, 2.75) is 13.1 Å². The van der Waals surface area contributed by atoms with E-state index in [0.717, 1.165) is 48.8 Å². The topological polar surface area (TPSA) is 50.6 Å². The number of benzene rings is 3. The Hall–Kier alpha value is -3.64. The van der Waals surface area contributed by atoms with E-state index in [2.05, 4.69) is 51.9 Å². The third-order valence-corrected chi connectivity index (χ3v) is 6.28. The Bertz CT molecular complexity index is 1230. The molecule has 6 nitrogen and oxygen atoms in total. The van der Waals surface area contributed by atoms with Gasteiger partial charge in [-0.3, -0.25) is 9.69 Å². The number of hydrogen-bond acceptors (Lipinski definition) is 4. The maximum Gasteiger partial charge on any atom is 0.253 e. The molecule has 1 aliphatic rings. The largest absolute Gasteiger partial charge is 0.497 e. The molecule has 0 bridgehead atoms. The fraction of sp³-hybridized carbons (Fsp3) is 0.259. The van der Waals surface area contributed by atoms with Crippen molar-refractivity contribution in [3.05, 3.63) is 95.8 Å². The van der Waals surface area contributed by atoms with E-state index in [-0.39, 0.29) is 5.91 Å². The molecule has 1 aliphatic heterocycles. The van der Waals surface area contributed by atoms with E-state index in [1.54, 1.807) is 7.11 Å². The van der Waals surface area contributed by atoms with Gasteiger partial charge in [0.2, 0.25) is 0 Å². The summed E-state index contributed by atoms with van der Waals surface area (Å²) in [6.07, 6.45) is 0. The zero-order valence-electron chi connectivity index (χ0n) is 18.9. The monoisotopic (exact) mass is 440 g/mol. The molecule has 0 unspecified atom stereocenters. The van der Waals surface area contributed by atoms with Gasteiger partial charge in [0.05, 0.1) is 24.7 Å². The van der Waals surface area contributed by atoms with E-state index < -0.39 is 0 Å². The first-order chi connectivity index (χ1) is 16.2. The van der Waals surface area contributed by atoms with E-state index in [0.29, 0.717) is 18.7 Å². The summed E-state index contributed by atoms with van der Waals surface area (Å²) in [5.74, 6) is 1.90. The normalized spacial score (nSPS) is 14.5. The highest BCUT2D eigenvalue weighted by Crippen LogP contribution is 2.20. The number of para-hydroxylation sites is 2. The van der Waals surface area contributed by atoms with Crippen LogP contribution < -0.4 is 4.74 Å². The minimum absolute atomic E-state index is 0.0774. The Morgan fingerprint density at radius 2 is 1.55 bits per heavy atom. The Morgan fingerprint density at radius 1 is 0.848 bits per heavy atom. The van der Waals surface area contributed by atoms with Crippen molar-refractivity contribution in [3.8, 4) is 5.75 Å². The predicted molar refractivity (Wildman–Crippen MR) is 129 cm³/mol. The fourth-order valence-electron chi connectivity index (χ4n) is 4.41. The van der Waals surface area contributed by atoms with Gasteiger partial charge in [-0.15, -0.1) is 0 Å². The average molecular weight is 441 g/mol. The lowest BCUT2D eigenvalue weighted by Gasteiger charge is -2.34. The molecule has 6 heteroatoms. The molecule has 33 heavy (non-hydrogen) atoms. The molecule has 0 atom stereocenters. The number of fused-ring (bicyclic) bond motifs is 1. The molecule has 4 aromatic rings. The highest BCUT2D eigenvalue weighted by atomic mass is 16.5. The summed E-state index contributed by atoms with van der Waals surface area (Å²) in [7, 11) is 1.63. The van der Waals surface area contributed by atoms with Gasteiger partial charge in [-0.1, -0.05) is 42.5 Å². The van der Waals surface area contributed by atoms with Gasteiger partial charge in [-0.25, -0.2) is 4.98 Å². The molecular formula is C27H28N4O2. The highest BCUT2D eigenvalue weighted by molar-refractivity contribution is 5.94. The van der Waals surface area contributed by atoms with E-state index in [1.807, 2.05) is 41.3 Å². The van der Waals surface area contributed by atoms with Crippen LogP contribution in [0.4, 0.5) is 0 Å². The van der Waals surface area contributed by atoms with Crippen molar-refractivity contribution in [2.75, 3.05) is 33.3 Å². The number of imidazole rings is 1. The number of hydrogen-bond donors (Lipinski definition) is 0. The Labute approximate surface area is 194 Å². The lowest BCUT2D eigenvalue weighted by Crippen LogP contribution is -2.48. The fourth-order valence-corrected chi connectivity index (χ4v) is 4.41. The van der Waals surface area contributed by atoms with E-state index in [9.17, 15) is 4.79 Å². The minimum atomic E-state index is 0.0774. The summed E-state index contributed by atoms with van der Waals surface area (Å²) in [6.45, 7) is 4.65. The van der Waals surface area contributed by atoms with Gasteiger partial charge in [-0.05, 0) is 42.0 Å². The summed E-state index contributed by atoms with van der Waals surface area (Å²) in [5.41, 5.74) is 4.15. The summed E-state index contributed by atoms with van der Waals surface area (Å²) in [6, 6.07) is 26.2. The third kappa shape index (κ3) is 4.61. The summed E-state index contributed by atoms with van der Waals surface area (Å²) < 4.78 is 7.51. The molecule has 0 aliphatic carbocycles. The van der Waals surface area contributed by atoms with Crippen LogP contribution in [0.15, 0.2) is 78.9 Å². The molecule has 1 amide bonds. The number of ether oxygens (including phenoxy) is 1. The second kappa shape index (κ2) is 9.46. The van der Waals surface area contributed by atoms with Crippen LogP contribution in [-0.4, -0.2) is 58.5 Å². The van der Waals surface area contributed by atoms with Crippen LogP contribution in [0.2, 0.25) is 0 Å². The van der Waals surface area contributed by atoms with Crippen molar-refractivity contribution in [1.29, 1.82) is 0 Å². The first-order valence-corrected chi connectivity index (χ1v) is 11.3. The van der Waals surface area contributed by atoms with E-state index in [1.165, 1.54) is 5.56 Å². The van der Waals surface area contributed by atoms with Crippen LogP contribution in [-0.2, 0) is 13.1 Å². The molecular weight excluding hydrogens is 412 g/mol. The maximum absolute atomic E-state index is 12.9. The number of methoxy groups -OCH3 is 1. The molecule has 1 fully saturated rings. The van der Waals surface area contributed by atoms with Gasteiger partial charge in [0, 0.05) is 38.3 Å². The quantitative estimate of drug-likeness (QED) is 0.454. The van der Waals surface area contributed by atoms with Crippen LogP contribution in [0.1, 0.15) is 21.7 Å². The highest BCUT2D eigenvalue weighted by Gasteiger charge is 2.23. The van der Waals surface area contributed by atoms with Crippen molar-refractivity contribution in [1.82, 2.24) is 19.4 Å². The van der Waals surface area contributed by atoms with Crippen LogP contribution >= 0.6 is 0 Å². The van der Waals surface area contributed by atoms with E-state index >= 15 is 0 Å². The number of carbonyl (C=O) groups is 1.